The fraction of sp³-hybridized carbons (Fsp3) is 0.474. The number of hydrogen-bond donors (Lipinski definition) is 1. The highest BCUT2D eigenvalue weighted by molar-refractivity contribution is 7.11. The third kappa shape index (κ3) is 3.72. The van der Waals surface area contributed by atoms with Gasteiger partial charge in [-0.25, -0.2) is 9.78 Å². The zero-order valence-corrected chi connectivity index (χ0v) is 16.7. The summed E-state index contributed by atoms with van der Waals surface area (Å²) in [7, 11) is 2.95. The van der Waals surface area contributed by atoms with Crippen LogP contribution in [0.3, 0.4) is 0 Å². The van der Waals surface area contributed by atoms with E-state index in [0.29, 0.717) is 29.8 Å². The minimum Gasteiger partial charge on any atom is -0.493 e. The Morgan fingerprint density at radius 2 is 2.19 bits per heavy atom. The Morgan fingerprint density at radius 1 is 1.41 bits per heavy atom. The first-order valence-corrected chi connectivity index (χ1v) is 9.53. The molecule has 1 aromatic carbocycles. The largest absolute Gasteiger partial charge is 0.493 e. The van der Waals surface area contributed by atoms with Gasteiger partial charge in [0, 0.05) is 36.0 Å². The fourth-order valence-corrected chi connectivity index (χ4v) is 4.03. The number of amides is 1. The van der Waals surface area contributed by atoms with Gasteiger partial charge in [0.15, 0.2) is 11.5 Å². The van der Waals surface area contributed by atoms with Crippen LogP contribution in [0.5, 0.6) is 16.7 Å². The Labute approximate surface area is 162 Å². The first kappa shape index (κ1) is 19.4. The molecule has 7 nitrogen and oxygen atoms in total. The van der Waals surface area contributed by atoms with Gasteiger partial charge in [-0.2, -0.15) is 0 Å². The van der Waals surface area contributed by atoms with Gasteiger partial charge in [0.25, 0.3) is 5.19 Å². The maximum Gasteiger partial charge on any atom is 0.409 e. The van der Waals surface area contributed by atoms with Gasteiger partial charge in [0.05, 0.1) is 20.3 Å². The van der Waals surface area contributed by atoms with Gasteiger partial charge in [0.1, 0.15) is 0 Å². The number of ether oxygens (including phenoxy) is 3. The van der Waals surface area contributed by atoms with Crippen molar-refractivity contribution in [1.82, 2.24) is 9.88 Å². The van der Waals surface area contributed by atoms with Gasteiger partial charge in [-0.3, -0.25) is 0 Å². The molecule has 1 N–H and O–H groups in total. The number of thiazole rings is 1. The number of aliphatic hydroxyl groups is 1. The van der Waals surface area contributed by atoms with Crippen molar-refractivity contribution in [3.63, 3.8) is 0 Å². The number of rotatable bonds is 5. The molecule has 8 heteroatoms. The number of likely N-dealkylation sites (tertiary alicyclic amines) is 1. The molecule has 1 saturated heterocycles. The molecular formula is C19H24N2O5S. The van der Waals surface area contributed by atoms with E-state index in [1.807, 2.05) is 30.5 Å². The van der Waals surface area contributed by atoms with Crippen LogP contribution in [0.25, 0.3) is 0 Å². The third-order valence-corrected chi connectivity index (χ3v) is 5.96. The monoisotopic (exact) mass is 392 g/mol. The van der Waals surface area contributed by atoms with Crippen LogP contribution in [-0.4, -0.2) is 54.5 Å². The lowest BCUT2D eigenvalue weighted by Crippen LogP contribution is -2.38. The van der Waals surface area contributed by atoms with Crippen molar-refractivity contribution in [2.45, 2.75) is 25.9 Å². The first-order valence-electron chi connectivity index (χ1n) is 8.65. The van der Waals surface area contributed by atoms with Crippen molar-refractivity contribution in [3.05, 3.63) is 35.3 Å². The van der Waals surface area contributed by atoms with Crippen LogP contribution in [0.1, 0.15) is 25.3 Å². The molecule has 27 heavy (non-hydrogen) atoms. The first-order chi connectivity index (χ1) is 12.9. The Kier molecular flexibility index (Phi) is 5.57. The number of carbonyl (C=O) groups is 1. The SMILES string of the molecule is COC(=O)N1C[C@H](c2ccc(OC)c(Oc3nccs3)c2)[C@@](C)([C@H](C)O)C1. The highest BCUT2D eigenvalue weighted by Gasteiger charge is 2.48. The fourth-order valence-electron chi connectivity index (χ4n) is 3.54. The predicted molar refractivity (Wildman–Crippen MR) is 102 cm³/mol. The highest BCUT2D eigenvalue weighted by atomic mass is 32.1. The summed E-state index contributed by atoms with van der Waals surface area (Å²) in [6.45, 7) is 4.61. The summed E-state index contributed by atoms with van der Waals surface area (Å²) in [5, 5.41) is 12.8. The zero-order chi connectivity index (χ0) is 19.6. The van der Waals surface area contributed by atoms with Crippen LogP contribution in [0, 0.1) is 5.41 Å². The predicted octanol–water partition coefficient (Wildman–Crippen LogP) is 3.50. The van der Waals surface area contributed by atoms with Gasteiger partial charge < -0.3 is 24.2 Å². The molecule has 0 aliphatic carbocycles. The van der Waals surface area contributed by atoms with E-state index in [9.17, 15) is 9.90 Å². The van der Waals surface area contributed by atoms with Crippen molar-refractivity contribution in [2.24, 2.45) is 5.41 Å². The maximum absolute atomic E-state index is 12.1. The standard InChI is InChI=1S/C19H24N2O5S/c1-12(22)19(2)11-21(18(23)25-4)10-14(19)13-5-6-15(24-3)16(9-13)26-17-20-7-8-27-17/h5-9,12,14,22H,10-11H2,1-4H3/t12-,14+,19+/m0/s1. The van der Waals surface area contributed by atoms with Gasteiger partial charge in [-0.15, -0.1) is 0 Å². The lowest BCUT2D eigenvalue weighted by molar-refractivity contribution is 0.0470. The minimum absolute atomic E-state index is 0.0823. The van der Waals surface area contributed by atoms with Crippen LogP contribution in [0.2, 0.25) is 0 Å². The van der Waals surface area contributed by atoms with Crippen LogP contribution in [0.4, 0.5) is 4.79 Å². The van der Waals surface area contributed by atoms with E-state index in [4.69, 9.17) is 14.2 Å². The van der Waals surface area contributed by atoms with Crippen molar-refractivity contribution in [3.8, 4) is 16.7 Å². The molecule has 146 valence electrons. The van der Waals surface area contributed by atoms with Crippen LogP contribution in [0.15, 0.2) is 29.8 Å². The summed E-state index contributed by atoms with van der Waals surface area (Å²) in [5.41, 5.74) is 0.443. The number of benzene rings is 1. The second-order valence-electron chi connectivity index (χ2n) is 6.90. The molecular weight excluding hydrogens is 368 g/mol. The smallest absolute Gasteiger partial charge is 0.409 e. The Morgan fingerprint density at radius 3 is 2.78 bits per heavy atom. The second-order valence-corrected chi connectivity index (χ2v) is 7.75. The molecule has 0 spiro atoms. The summed E-state index contributed by atoms with van der Waals surface area (Å²) < 4.78 is 16.2. The average Bonchev–Trinajstić information content (AvgIpc) is 3.29. The number of carbonyl (C=O) groups excluding carboxylic acids is 1. The summed E-state index contributed by atoms with van der Waals surface area (Å²) >= 11 is 1.39. The van der Waals surface area contributed by atoms with E-state index < -0.39 is 17.6 Å². The third-order valence-electron chi connectivity index (χ3n) is 5.31. The topological polar surface area (TPSA) is 81.1 Å². The molecule has 0 saturated carbocycles. The number of aliphatic hydroxyl groups excluding tert-OH is 1. The van der Waals surface area contributed by atoms with Crippen molar-refractivity contribution < 1.29 is 24.1 Å². The lowest BCUT2D eigenvalue weighted by atomic mass is 9.72. The van der Waals surface area contributed by atoms with E-state index in [1.165, 1.54) is 18.4 Å². The maximum atomic E-state index is 12.1. The molecule has 2 heterocycles. The molecule has 1 amide bonds. The molecule has 3 atom stereocenters. The average molecular weight is 392 g/mol. The summed E-state index contributed by atoms with van der Waals surface area (Å²) in [4.78, 5) is 17.8. The zero-order valence-electron chi connectivity index (χ0n) is 15.8. The summed E-state index contributed by atoms with van der Waals surface area (Å²) in [5.74, 6) is 1.06. The number of methoxy groups -OCH3 is 2. The number of hydrogen-bond acceptors (Lipinski definition) is 7. The molecule has 1 aliphatic rings. The van der Waals surface area contributed by atoms with Crippen molar-refractivity contribution in [1.29, 1.82) is 0 Å². The Bertz CT molecular complexity index is 795. The van der Waals surface area contributed by atoms with Crippen LogP contribution >= 0.6 is 11.3 Å². The molecule has 0 bridgehead atoms. The van der Waals surface area contributed by atoms with E-state index in [1.54, 1.807) is 25.1 Å². The highest BCUT2D eigenvalue weighted by Crippen LogP contribution is 2.47. The van der Waals surface area contributed by atoms with Gasteiger partial charge in [-0.1, -0.05) is 24.3 Å². The normalized spacial score (nSPS) is 23.1. The van der Waals surface area contributed by atoms with E-state index in [2.05, 4.69) is 4.98 Å². The quantitative estimate of drug-likeness (QED) is 0.839. The second kappa shape index (κ2) is 7.74. The van der Waals surface area contributed by atoms with E-state index >= 15 is 0 Å². The minimum atomic E-state index is -0.609. The Hall–Kier alpha value is -2.32. The summed E-state index contributed by atoms with van der Waals surface area (Å²) in [6.07, 6.45) is 0.672. The van der Waals surface area contributed by atoms with Gasteiger partial charge in [0.2, 0.25) is 0 Å². The molecule has 1 fully saturated rings. The van der Waals surface area contributed by atoms with Crippen LogP contribution < -0.4 is 9.47 Å². The lowest BCUT2D eigenvalue weighted by Gasteiger charge is -2.33. The van der Waals surface area contributed by atoms with Gasteiger partial charge >= 0.3 is 6.09 Å². The molecule has 0 radical (unpaired) electrons. The molecule has 0 unspecified atom stereocenters. The van der Waals surface area contributed by atoms with E-state index in [-0.39, 0.29) is 5.92 Å². The number of aromatic nitrogens is 1. The van der Waals surface area contributed by atoms with Crippen molar-refractivity contribution >= 4 is 17.4 Å². The molecule has 1 aliphatic heterocycles. The van der Waals surface area contributed by atoms with E-state index in [0.717, 1.165) is 5.56 Å². The molecule has 1 aromatic heterocycles. The Balaban J connectivity index is 1.96. The molecule has 3 rings (SSSR count). The molecule has 2 aromatic rings. The number of nitrogens with zero attached hydrogens (tertiary/aromatic N) is 2. The summed E-state index contributed by atoms with van der Waals surface area (Å²) in [6, 6.07) is 5.67. The van der Waals surface area contributed by atoms with Crippen molar-refractivity contribution in [2.75, 3.05) is 27.3 Å². The van der Waals surface area contributed by atoms with Crippen LogP contribution in [-0.2, 0) is 4.74 Å². The van der Waals surface area contributed by atoms with Gasteiger partial charge in [-0.05, 0) is 24.6 Å².